The highest BCUT2D eigenvalue weighted by Gasteiger charge is 2.24. The molecule has 8 nitrogen and oxygen atoms in total. The molecular formula is C29H30N6O2. The molecule has 5 N–H and O–H groups in total. The molecule has 1 aliphatic carbocycles. The Labute approximate surface area is 215 Å². The Morgan fingerprint density at radius 2 is 1.73 bits per heavy atom. The quantitative estimate of drug-likeness (QED) is 0.275. The maximum Gasteiger partial charge on any atom is 0.402 e. The van der Waals surface area contributed by atoms with Gasteiger partial charge in [0.15, 0.2) is 0 Å². The summed E-state index contributed by atoms with van der Waals surface area (Å²) in [5.74, 6) is 2.09. The fourth-order valence-corrected chi connectivity index (χ4v) is 5.24. The van der Waals surface area contributed by atoms with Gasteiger partial charge in [0, 0.05) is 34.8 Å². The van der Waals surface area contributed by atoms with Gasteiger partial charge in [-0.05, 0) is 37.5 Å². The topological polar surface area (TPSA) is 132 Å². The number of nitrogens with zero attached hydrogens (tertiary/aromatic N) is 4. The molecule has 1 fully saturated rings. The largest absolute Gasteiger partial charge is 0.465 e. The highest BCUT2D eigenvalue weighted by molar-refractivity contribution is 5.92. The minimum atomic E-state index is -1.33. The number of carbonyl (C=O) groups is 1. The zero-order chi connectivity index (χ0) is 25.9. The lowest BCUT2D eigenvalue weighted by molar-refractivity contribution is 0.205. The third-order valence-electron chi connectivity index (χ3n) is 6.94. The Balaban J connectivity index is 0.000000655. The van der Waals surface area contributed by atoms with Crippen LogP contribution in [0.5, 0.6) is 0 Å². The van der Waals surface area contributed by atoms with E-state index in [0.717, 1.165) is 44.8 Å². The normalized spacial score (nSPS) is 13.9. The molecule has 0 bridgehead atoms. The van der Waals surface area contributed by atoms with Crippen molar-refractivity contribution >= 4 is 28.3 Å². The lowest BCUT2D eigenvalue weighted by Gasteiger charge is -2.20. The van der Waals surface area contributed by atoms with Crippen molar-refractivity contribution in [1.29, 1.82) is 0 Å². The first-order chi connectivity index (χ1) is 17.9. The summed E-state index contributed by atoms with van der Waals surface area (Å²) >= 11 is 0. The van der Waals surface area contributed by atoms with Crippen LogP contribution in [0.15, 0.2) is 67.0 Å². The molecule has 0 spiro atoms. The molecule has 0 aliphatic heterocycles. The van der Waals surface area contributed by atoms with E-state index in [1.807, 2.05) is 24.4 Å². The average molecular weight is 495 g/mol. The van der Waals surface area contributed by atoms with Crippen LogP contribution >= 0.6 is 0 Å². The van der Waals surface area contributed by atoms with Gasteiger partial charge < -0.3 is 16.6 Å². The monoisotopic (exact) mass is 494 g/mol. The van der Waals surface area contributed by atoms with Crippen LogP contribution in [0.3, 0.4) is 0 Å². The molecule has 2 aromatic carbocycles. The minimum absolute atomic E-state index is 0.465. The van der Waals surface area contributed by atoms with Crippen LogP contribution in [0.2, 0.25) is 0 Å². The van der Waals surface area contributed by atoms with E-state index < -0.39 is 6.09 Å². The number of hydrogen-bond acceptors (Lipinski definition) is 5. The van der Waals surface area contributed by atoms with Crippen molar-refractivity contribution in [2.75, 3.05) is 5.73 Å². The number of benzene rings is 2. The summed E-state index contributed by atoms with van der Waals surface area (Å²) in [6, 6.07) is 18.9. The summed E-state index contributed by atoms with van der Waals surface area (Å²) in [7, 11) is 0. The number of aryl methyl sites for hydroxylation is 1. The first kappa shape index (κ1) is 24.2. The molecule has 6 rings (SSSR count). The molecular weight excluding hydrogens is 464 g/mol. The highest BCUT2D eigenvalue weighted by atomic mass is 16.4. The molecule has 37 heavy (non-hydrogen) atoms. The van der Waals surface area contributed by atoms with Gasteiger partial charge in [-0.1, -0.05) is 61.7 Å². The fourth-order valence-electron chi connectivity index (χ4n) is 5.24. The molecule has 0 saturated heterocycles. The van der Waals surface area contributed by atoms with Gasteiger partial charge in [-0.3, -0.25) is 4.40 Å². The Morgan fingerprint density at radius 1 is 1.00 bits per heavy atom. The van der Waals surface area contributed by atoms with Crippen molar-refractivity contribution in [3.05, 3.63) is 78.4 Å². The molecule has 1 amide bonds. The number of carboxylic acid groups (broad SMARTS) is 1. The third kappa shape index (κ3) is 4.95. The number of hydrogen-bond donors (Lipinski definition) is 3. The van der Waals surface area contributed by atoms with Crippen LogP contribution in [0.4, 0.5) is 10.6 Å². The highest BCUT2D eigenvalue weighted by Crippen LogP contribution is 2.37. The van der Waals surface area contributed by atoms with Gasteiger partial charge in [-0.25, -0.2) is 19.7 Å². The molecule has 8 heteroatoms. The molecule has 3 heterocycles. The summed E-state index contributed by atoms with van der Waals surface area (Å²) in [4.78, 5) is 23.3. The van der Waals surface area contributed by atoms with E-state index in [2.05, 4.69) is 58.4 Å². The smallest absolute Gasteiger partial charge is 0.402 e. The van der Waals surface area contributed by atoms with Crippen LogP contribution in [0, 0.1) is 6.92 Å². The molecule has 1 aliphatic rings. The van der Waals surface area contributed by atoms with Crippen molar-refractivity contribution in [2.45, 2.75) is 44.9 Å². The second-order valence-corrected chi connectivity index (χ2v) is 9.45. The van der Waals surface area contributed by atoms with E-state index in [-0.39, 0.29) is 0 Å². The standard InChI is InChI=1S/C28H27N5.CH3NO2/c1-18-16-23(19-8-4-2-5-9-19)31-24-17-21(12-13-22(18)24)25-26-27(29)30-14-15-33(26)28(32-25)20-10-6-3-7-11-20;2-1(3)4/h2,4-5,8-9,12-17,20H,3,6-7,10-11H2,1H3,(H2,29,30);2H2,(H,3,4). The summed E-state index contributed by atoms with van der Waals surface area (Å²) in [5.41, 5.74) is 17.5. The Morgan fingerprint density at radius 3 is 2.46 bits per heavy atom. The van der Waals surface area contributed by atoms with Crippen LogP contribution < -0.4 is 11.5 Å². The number of fused-ring (bicyclic) bond motifs is 2. The number of amides is 1. The number of pyridine rings is 1. The second kappa shape index (κ2) is 10.3. The second-order valence-electron chi connectivity index (χ2n) is 9.45. The third-order valence-corrected chi connectivity index (χ3v) is 6.94. The Hall–Kier alpha value is -4.46. The number of anilines is 1. The fraction of sp³-hybridized carbons (Fsp3) is 0.241. The van der Waals surface area contributed by atoms with Gasteiger partial charge in [0.1, 0.15) is 22.9 Å². The molecule has 0 unspecified atom stereocenters. The molecule has 1 saturated carbocycles. The number of nitrogen functional groups attached to an aromatic ring is 1. The van der Waals surface area contributed by atoms with E-state index in [0.29, 0.717) is 11.7 Å². The van der Waals surface area contributed by atoms with Gasteiger partial charge in [-0.2, -0.15) is 0 Å². The van der Waals surface area contributed by atoms with Crippen LogP contribution in [0.25, 0.3) is 38.9 Å². The lowest BCUT2D eigenvalue weighted by atomic mass is 9.89. The first-order valence-corrected chi connectivity index (χ1v) is 12.5. The van der Waals surface area contributed by atoms with Crippen LogP contribution in [-0.2, 0) is 0 Å². The van der Waals surface area contributed by atoms with Gasteiger partial charge in [0.2, 0.25) is 0 Å². The van der Waals surface area contributed by atoms with Crippen LogP contribution in [0.1, 0.15) is 49.4 Å². The van der Waals surface area contributed by atoms with Crippen molar-refractivity contribution in [1.82, 2.24) is 19.4 Å². The van der Waals surface area contributed by atoms with Crippen LogP contribution in [-0.4, -0.2) is 30.6 Å². The van der Waals surface area contributed by atoms with Crippen molar-refractivity contribution in [3.63, 3.8) is 0 Å². The first-order valence-electron chi connectivity index (χ1n) is 12.5. The molecule has 0 radical (unpaired) electrons. The number of primary amides is 1. The molecule has 188 valence electrons. The number of imidazole rings is 1. The van der Waals surface area contributed by atoms with Crippen molar-refractivity contribution < 1.29 is 9.90 Å². The Bertz CT molecular complexity index is 1570. The van der Waals surface area contributed by atoms with Gasteiger partial charge in [0.25, 0.3) is 0 Å². The molecule has 3 aromatic heterocycles. The summed E-state index contributed by atoms with van der Waals surface area (Å²) < 4.78 is 2.16. The average Bonchev–Trinajstić information content (AvgIpc) is 3.30. The summed E-state index contributed by atoms with van der Waals surface area (Å²) in [5, 5.41) is 8.35. The van der Waals surface area contributed by atoms with E-state index in [9.17, 15) is 0 Å². The SMILES string of the molecule is Cc1cc(-c2ccccc2)nc2cc(-c3nc(C4CCCCC4)n4ccnc(N)c34)ccc12.NC(=O)O. The van der Waals surface area contributed by atoms with Crippen molar-refractivity contribution in [2.24, 2.45) is 5.73 Å². The zero-order valence-corrected chi connectivity index (χ0v) is 20.8. The van der Waals surface area contributed by atoms with E-state index in [1.165, 1.54) is 37.7 Å². The number of nitrogens with two attached hydrogens (primary N) is 2. The lowest BCUT2D eigenvalue weighted by Crippen LogP contribution is -2.09. The summed E-state index contributed by atoms with van der Waals surface area (Å²) in [6.45, 7) is 2.14. The van der Waals surface area contributed by atoms with E-state index >= 15 is 0 Å². The van der Waals surface area contributed by atoms with Gasteiger partial charge >= 0.3 is 6.09 Å². The number of aromatic nitrogens is 4. The van der Waals surface area contributed by atoms with Gasteiger partial charge in [-0.15, -0.1) is 0 Å². The van der Waals surface area contributed by atoms with Crippen molar-refractivity contribution in [3.8, 4) is 22.5 Å². The predicted molar refractivity (Wildman–Crippen MR) is 146 cm³/mol. The van der Waals surface area contributed by atoms with Gasteiger partial charge in [0.05, 0.1) is 11.2 Å². The Kier molecular flexibility index (Phi) is 6.72. The zero-order valence-electron chi connectivity index (χ0n) is 20.8. The maximum absolute atomic E-state index is 8.78. The summed E-state index contributed by atoms with van der Waals surface area (Å²) in [6.07, 6.45) is 8.64. The van der Waals surface area contributed by atoms with E-state index in [1.54, 1.807) is 6.20 Å². The minimum Gasteiger partial charge on any atom is -0.465 e. The number of rotatable bonds is 3. The predicted octanol–water partition coefficient (Wildman–Crippen LogP) is 6.17. The molecule has 5 aromatic rings. The maximum atomic E-state index is 8.78. The van der Waals surface area contributed by atoms with E-state index in [4.69, 9.17) is 25.6 Å². The molecule has 0 atom stereocenters.